The van der Waals surface area contributed by atoms with Gasteiger partial charge in [0, 0.05) is 0 Å². The smallest absolute Gasteiger partial charge is 0.187 e. The lowest BCUT2D eigenvalue weighted by Crippen LogP contribution is -2.68. The van der Waals surface area contributed by atoms with Crippen LogP contribution in [-0.4, -0.2) is 273 Å². The molecule has 0 amide bonds. The third-order valence-electron chi connectivity index (χ3n) is 10.3. The summed E-state index contributed by atoms with van der Waals surface area (Å²) in [6.07, 6.45) is -45.8. The first-order chi connectivity index (χ1) is 26.5. The molecule has 0 aromatic heterocycles. The van der Waals surface area contributed by atoms with Crippen LogP contribution in [0.3, 0.4) is 0 Å². The first-order valence-electron chi connectivity index (χ1n) is 17.6. The molecule has 5 aliphatic heterocycles. The fourth-order valence-electron chi connectivity index (χ4n) is 7.03. The van der Waals surface area contributed by atoms with Crippen LogP contribution in [0, 0.1) is 0 Å². The number of rotatable bonds is 13. The van der Waals surface area contributed by atoms with Crippen LogP contribution < -0.4 is 0 Å². The van der Waals surface area contributed by atoms with Crippen molar-refractivity contribution in [1.29, 1.82) is 0 Å². The SMILES string of the molecule is OCC1O[C@@H](O[C@@H]2C(CO)O[C@@H](O[C@@H]3C(CO)O[C@@H](O[C@@H]4C(CO)O[C@@H](O[C@@H]5C(CO)O[C@@H](O)C(O)[C@H]5O)C(O)[C@H]4O)C(O)[C@H]3O)C(O)[C@H]2O)C(O)[C@@H](O)[C@@H]1O. The Bertz CT molecular complexity index is 1200. The van der Waals surface area contributed by atoms with E-state index >= 15 is 0 Å². The van der Waals surface area contributed by atoms with Crippen molar-refractivity contribution in [2.75, 3.05) is 33.0 Å². The van der Waals surface area contributed by atoms with Gasteiger partial charge >= 0.3 is 0 Å². The highest BCUT2D eigenvalue weighted by atomic mass is 16.8. The second-order valence-corrected chi connectivity index (χ2v) is 13.9. The molecule has 0 aromatic rings. The third kappa shape index (κ3) is 9.16. The molecule has 0 bridgehead atoms. The van der Waals surface area contributed by atoms with Crippen molar-refractivity contribution < 1.29 is 129 Å². The first-order valence-corrected chi connectivity index (χ1v) is 17.6. The molecule has 0 aromatic carbocycles. The summed E-state index contributed by atoms with van der Waals surface area (Å²) in [6.45, 7) is -4.51. The quantitative estimate of drug-likeness (QED) is 0.0819. The monoisotopic (exact) mass is 828 g/mol. The molecule has 5 saturated heterocycles. The molecule has 5 aliphatic rings. The van der Waals surface area contributed by atoms with E-state index in [2.05, 4.69) is 0 Å². The van der Waals surface area contributed by atoms with Crippen LogP contribution in [0.1, 0.15) is 0 Å². The predicted molar refractivity (Wildman–Crippen MR) is 167 cm³/mol. The fraction of sp³-hybridized carbons (Fsp3) is 1.00. The average Bonchev–Trinajstić information content (AvgIpc) is 3.19. The molecule has 5 fully saturated rings. The molecule has 17 N–H and O–H groups in total. The van der Waals surface area contributed by atoms with Crippen LogP contribution in [0.2, 0.25) is 0 Å². The molecule has 56 heavy (non-hydrogen) atoms. The lowest BCUT2D eigenvalue weighted by atomic mass is 9.95. The zero-order valence-corrected chi connectivity index (χ0v) is 29.2. The molecular weight excluding hydrogens is 776 g/mol. The third-order valence-corrected chi connectivity index (χ3v) is 10.3. The predicted octanol–water partition coefficient (Wildman–Crippen LogP) is -11.9. The summed E-state index contributed by atoms with van der Waals surface area (Å²) >= 11 is 0. The maximum Gasteiger partial charge on any atom is 0.187 e. The number of hydrogen-bond donors (Lipinski definition) is 17. The van der Waals surface area contributed by atoms with E-state index in [1.165, 1.54) is 0 Å². The van der Waals surface area contributed by atoms with Gasteiger partial charge in [0.1, 0.15) is 122 Å². The van der Waals surface area contributed by atoms with E-state index < -0.39 is 187 Å². The van der Waals surface area contributed by atoms with Crippen molar-refractivity contribution in [1.82, 2.24) is 0 Å². The Balaban J connectivity index is 1.22. The van der Waals surface area contributed by atoms with Gasteiger partial charge in [-0.15, -0.1) is 0 Å². The Kier molecular flexibility index (Phi) is 16.1. The van der Waals surface area contributed by atoms with Gasteiger partial charge in [-0.3, -0.25) is 0 Å². The van der Waals surface area contributed by atoms with E-state index in [9.17, 15) is 86.8 Å². The highest BCUT2D eigenvalue weighted by Crippen LogP contribution is 2.35. The Morgan fingerprint density at radius 2 is 0.518 bits per heavy atom. The standard InChI is InChI=1S/C30H52O26/c31-1-6-11(36)12(37)18(43)27(49-6)54-23-8(3-33)51-29(20(45)14(23)39)56-25-10(5-35)52-30(21(46)16(25)41)55-24-9(4-34)50-28(19(44)15(24)40)53-22-7(2-32)48-26(47)17(42)13(22)38/h6-47H,1-5H2/t6?,7?,8?,9?,10?,11-,12+,13-,14-,15-,16-,17?,18?,19?,20?,21?,22-,23-,24-,25-,26-,27+,28+,29+,30+/m1/s1. The van der Waals surface area contributed by atoms with Crippen LogP contribution in [0.15, 0.2) is 0 Å². The van der Waals surface area contributed by atoms with Crippen molar-refractivity contribution >= 4 is 0 Å². The molecule has 26 heteroatoms. The van der Waals surface area contributed by atoms with Gasteiger partial charge in [-0.05, 0) is 0 Å². The number of aliphatic hydroxyl groups excluding tert-OH is 17. The molecule has 25 atom stereocenters. The fourth-order valence-corrected chi connectivity index (χ4v) is 7.03. The van der Waals surface area contributed by atoms with Crippen molar-refractivity contribution in [2.45, 2.75) is 154 Å². The lowest BCUT2D eigenvalue weighted by molar-refractivity contribution is -0.392. The minimum absolute atomic E-state index is 0.811. The molecule has 5 heterocycles. The highest BCUT2D eigenvalue weighted by Gasteiger charge is 2.56. The Hall–Kier alpha value is -1.04. The van der Waals surface area contributed by atoms with Gasteiger partial charge in [0.05, 0.1) is 33.0 Å². The van der Waals surface area contributed by atoms with E-state index in [1.54, 1.807) is 0 Å². The summed E-state index contributed by atoms with van der Waals surface area (Å²) in [7, 11) is 0. The van der Waals surface area contributed by atoms with Crippen molar-refractivity contribution in [3.05, 3.63) is 0 Å². The van der Waals surface area contributed by atoms with Crippen LogP contribution in [-0.2, 0) is 42.6 Å². The van der Waals surface area contributed by atoms with Crippen LogP contribution in [0.5, 0.6) is 0 Å². The van der Waals surface area contributed by atoms with Gasteiger partial charge in [-0.2, -0.15) is 0 Å². The molecular formula is C30H52O26. The molecule has 10 unspecified atom stereocenters. The normalized spacial score (nSPS) is 53.2. The van der Waals surface area contributed by atoms with E-state index in [0.717, 1.165) is 0 Å². The minimum atomic E-state index is -2.12. The topological polar surface area (TPSA) is 427 Å². The largest absolute Gasteiger partial charge is 0.394 e. The molecule has 0 spiro atoms. The second-order valence-electron chi connectivity index (χ2n) is 13.9. The van der Waals surface area contributed by atoms with Gasteiger partial charge in [-0.1, -0.05) is 0 Å². The summed E-state index contributed by atoms with van der Waals surface area (Å²) in [4.78, 5) is 0. The minimum Gasteiger partial charge on any atom is -0.394 e. The van der Waals surface area contributed by atoms with Crippen molar-refractivity contribution in [3.63, 3.8) is 0 Å². The Labute approximate surface area is 316 Å². The van der Waals surface area contributed by atoms with E-state index in [4.69, 9.17) is 42.6 Å². The van der Waals surface area contributed by atoms with Gasteiger partial charge in [0.25, 0.3) is 0 Å². The molecule has 5 rings (SSSR count). The summed E-state index contributed by atoms with van der Waals surface area (Å²) in [5.41, 5.74) is 0. The second kappa shape index (κ2) is 19.6. The number of hydrogen-bond acceptors (Lipinski definition) is 26. The van der Waals surface area contributed by atoms with E-state index in [1.807, 2.05) is 0 Å². The van der Waals surface area contributed by atoms with Gasteiger partial charge in [-0.25, -0.2) is 0 Å². The molecule has 328 valence electrons. The van der Waals surface area contributed by atoms with Gasteiger partial charge in [0.15, 0.2) is 31.5 Å². The average molecular weight is 829 g/mol. The molecule has 0 aliphatic carbocycles. The van der Waals surface area contributed by atoms with Crippen molar-refractivity contribution in [2.24, 2.45) is 0 Å². The highest BCUT2D eigenvalue weighted by molar-refractivity contribution is 4.99. The van der Waals surface area contributed by atoms with E-state index in [-0.39, 0.29) is 0 Å². The van der Waals surface area contributed by atoms with Gasteiger partial charge < -0.3 is 129 Å². The maximum atomic E-state index is 11.1. The Morgan fingerprint density at radius 3 is 0.821 bits per heavy atom. The first kappa shape index (κ1) is 46.0. The number of aliphatic hydroxyl groups is 17. The zero-order valence-electron chi connectivity index (χ0n) is 29.2. The van der Waals surface area contributed by atoms with Crippen LogP contribution in [0.25, 0.3) is 0 Å². The van der Waals surface area contributed by atoms with Crippen LogP contribution in [0.4, 0.5) is 0 Å². The molecule has 0 radical (unpaired) electrons. The summed E-state index contributed by atoms with van der Waals surface area (Å²) in [6, 6.07) is 0. The van der Waals surface area contributed by atoms with Crippen LogP contribution >= 0.6 is 0 Å². The summed E-state index contributed by atoms with van der Waals surface area (Å²) in [5.74, 6) is 0. The lowest BCUT2D eigenvalue weighted by Gasteiger charge is -2.49. The Morgan fingerprint density at radius 1 is 0.268 bits per heavy atom. The van der Waals surface area contributed by atoms with Gasteiger partial charge in [0.2, 0.25) is 0 Å². The summed E-state index contributed by atoms with van der Waals surface area (Å²) < 4.78 is 49.1. The number of ether oxygens (including phenoxy) is 9. The molecule has 0 saturated carbocycles. The van der Waals surface area contributed by atoms with Crippen molar-refractivity contribution in [3.8, 4) is 0 Å². The van der Waals surface area contributed by atoms with E-state index in [0.29, 0.717) is 0 Å². The maximum absolute atomic E-state index is 11.1. The zero-order chi connectivity index (χ0) is 41.3. The summed E-state index contributed by atoms with van der Waals surface area (Å²) in [5, 5.41) is 176. The molecule has 26 nitrogen and oxygen atoms in total.